The van der Waals surface area contributed by atoms with Crippen molar-refractivity contribution in [3.05, 3.63) is 0 Å². The Balaban J connectivity index is 3.41. The zero-order valence-electron chi connectivity index (χ0n) is 9.08. The van der Waals surface area contributed by atoms with Crippen LogP contribution in [0.25, 0.3) is 0 Å². The largest absolute Gasteiger partial charge is 0.328 e. The smallest absolute Gasteiger partial charge is 0.0260 e. The summed E-state index contributed by atoms with van der Waals surface area (Å²) in [5.41, 5.74) is 5.61. The minimum absolute atomic E-state index is 0.251. The predicted octanol–water partition coefficient (Wildman–Crippen LogP) is 1.91. The van der Waals surface area contributed by atoms with Gasteiger partial charge in [0.1, 0.15) is 0 Å². The Kier molecular flexibility index (Phi) is 7.57. The summed E-state index contributed by atoms with van der Waals surface area (Å²) in [5, 5.41) is 0. The summed E-state index contributed by atoms with van der Waals surface area (Å²) < 4.78 is 11.5. The van der Waals surface area contributed by atoms with Gasteiger partial charge in [-0.3, -0.25) is 4.21 Å². The quantitative estimate of drug-likeness (QED) is 0.690. The van der Waals surface area contributed by atoms with E-state index in [2.05, 4.69) is 13.8 Å². The van der Waals surface area contributed by atoms with Crippen molar-refractivity contribution in [2.75, 3.05) is 11.5 Å². The van der Waals surface area contributed by atoms with Gasteiger partial charge in [0.05, 0.1) is 0 Å². The van der Waals surface area contributed by atoms with Gasteiger partial charge in [0.15, 0.2) is 0 Å². The van der Waals surface area contributed by atoms with E-state index in [1.165, 1.54) is 0 Å². The first-order valence-electron chi connectivity index (χ1n) is 5.16. The molecule has 0 aliphatic heterocycles. The van der Waals surface area contributed by atoms with Crippen LogP contribution in [0.3, 0.4) is 0 Å². The minimum atomic E-state index is -0.622. The molecule has 3 heteroatoms. The van der Waals surface area contributed by atoms with Gasteiger partial charge < -0.3 is 5.73 Å². The van der Waals surface area contributed by atoms with Gasteiger partial charge in [0.2, 0.25) is 0 Å². The predicted molar refractivity (Wildman–Crippen MR) is 60.2 cm³/mol. The van der Waals surface area contributed by atoms with Crippen molar-refractivity contribution in [1.82, 2.24) is 0 Å². The highest BCUT2D eigenvalue weighted by atomic mass is 32.2. The van der Waals surface area contributed by atoms with Crippen LogP contribution in [-0.2, 0) is 10.8 Å². The first-order valence-corrected chi connectivity index (χ1v) is 6.65. The molecule has 0 rings (SSSR count). The number of hydrogen-bond acceptors (Lipinski definition) is 2. The highest BCUT2D eigenvalue weighted by Crippen LogP contribution is 2.05. The maximum absolute atomic E-state index is 11.5. The molecule has 0 aliphatic carbocycles. The second-order valence-corrected chi connectivity index (χ2v) is 5.56. The SMILES string of the molecule is CCC(C)CS(=O)CCCC(C)N. The Morgan fingerprint density at radius 3 is 2.46 bits per heavy atom. The molecule has 0 fully saturated rings. The molecule has 80 valence electrons. The molecule has 0 saturated heterocycles. The molecule has 3 atom stereocenters. The van der Waals surface area contributed by atoms with Crippen LogP contribution in [0, 0.1) is 5.92 Å². The fraction of sp³-hybridized carbons (Fsp3) is 1.00. The molecule has 0 spiro atoms. The van der Waals surface area contributed by atoms with Gasteiger partial charge >= 0.3 is 0 Å². The van der Waals surface area contributed by atoms with Crippen molar-refractivity contribution < 1.29 is 4.21 Å². The first kappa shape index (κ1) is 13.1. The molecule has 0 aromatic carbocycles. The van der Waals surface area contributed by atoms with Gasteiger partial charge in [-0.05, 0) is 25.7 Å². The fourth-order valence-electron chi connectivity index (χ4n) is 1.08. The number of hydrogen-bond donors (Lipinski definition) is 1. The third-order valence-electron chi connectivity index (χ3n) is 2.20. The van der Waals surface area contributed by atoms with E-state index >= 15 is 0 Å². The Bertz CT molecular complexity index is 148. The van der Waals surface area contributed by atoms with Crippen LogP contribution in [0.4, 0.5) is 0 Å². The monoisotopic (exact) mass is 205 g/mol. The summed E-state index contributed by atoms with van der Waals surface area (Å²) in [6, 6.07) is 0.251. The van der Waals surface area contributed by atoms with Gasteiger partial charge in [-0.25, -0.2) is 0 Å². The molecule has 3 unspecified atom stereocenters. The Hall–Kier alpha value is 0.110. The number of nitrogens with two attached hydrogens (primary N) is 1. The average Bonchev–Trinajstić information content (AvgIpc) is 2.03. The molecule has 0 amide bonds. The molecular formula is C10H23NOS. The molecule has 0 aliphatic rings. The molecular weight excluding hydrogens is 182 g/mol. The maximum Gasteiger partial charge on any atom is 0.0260 e. The van der Waals surface area contributed by atoms with E-state index in [-0.39, 0.29) is 6.04 Å². The molecule has 0 aromatic heterocycles. The lowest BCUT2D eigenvalue weighted by molar-refractivity contribution is 0.609. The minimum Gasteiger partial charge on any atom is -0.328 e. The molecule has 0 aromatic rings. The van der Waals surface area contributed by atoms with Crippen molar-refractivity contribution in [3.63, 3.8) is 0 Å². The van der Waals surface area contributed by atoms with Crippen LogP contribution in [-0.4, -0.2) is 21.8 Å². The average molecular weight is 205 g/mol. The van der Waals surface area contributed by atoms with Crippen LogP contribution < -0.4 is 5.73 Å². The summed E-state index contributed by atoms with van der Waals surface area (Å²) in [5.74, 6) is 2.28. The van der Waals surface area contributed by atoms with E-state index in [1.54, 1.807) is 0 Å². The normalized spacial score (nSPS) is 18.2. The molecule has 0 bridgehead atoms. The first-order chi connectivity index (χ1) is 6.06. The van der Waals surface area contributed by atoms with Crippen LogP contribution in [0.15, 0.2) is 0 Å². The van der Waals surface area contributed by atoms with Crippen molar-refractivity contribution >= 4 is 10.8 Å². The Labute approximate surface area is 84.7 Å². The van der Waals surface area contributed by atoms with E-state index in [0.29, 0.717) is 5.92 Å². The van der Waals surface area contributed by atoms with Crippen molar-refractivity contribution in [2.24, 2.45) is 11.7 Å². The van der Waals surface area contributed by atoms with E-state index in [4.69, 9.17) is 5.73 Å². The fourth-order valence-corrected chi connectivity index (χ4v) is 2.61. The van der Waals surface area contributed by atoms with Crippen LogP contribution in [0.1, 0.15) is 40.0 Å². The highest BCUT2D eigenvalue weighted by molar-refractivity contribution is 7.84. The zero-order chi connectivity index (χ0) is 10.3. The second kappa shape index (κ2) is 7.51. The lowest BCUT2D eigenvalue weighted by Gasteiger charge is -2.08. The van der Waals surface area contributed by atoms with Gasteiger partial charge in [-0.2, -0.15) is 0 Å². The van der Waals surface area contributed by atoms with Gasteiger partial charge in [0, 0.05) is 28.3 Å². The van der Waals surface area contributed by atoms with E-state index < -0.39 is 10.8 Å². The summed E-state index contributed by atoms with van der Waals surface area (Å²) in [7, 11) is -0.622. The molecule has 13 heavy (non-hydrogen) atoms. The molecule has 2 N–H and O–H groups in total. The van der Waals surface area contributed by atoms with Crippen molar-refractivity contribution in [2.45, 2.75) is 46.1 Å². The van der Waals surface area contributed by atoms with Crippen LogP contribution in [0.5, 0.6) is 0 Å². The standard InChI is InChI=1S/C10H23NOS/c1-4-9(2)8-13(12)7-5-6-10(3)11/h9-10H,4-8,11H2,1-3H3. The second-order valence-electron chi connectivity index (χ2n) is 3.94. The lowest BCUT2D eigenvalue weighted by atomic mass is 10.2. The summed E-state index contributed by atoms with van der Waals surface area (Å²) >= 11 is 0. The number of rotatable bonds is 7. The van der Waals surface area contributed by atoms with E-state index in [9.17, 15) is 4.21 Å². The van der Waals surface area contributed by atoms with Crippen molar-refractivity contribution in [1.29, 1.82) is 0 Å². The Morgan fingerprint density at radius 1 is 1.38 bits per heavy atom. The summed E-state index contributed by atoms with van der Waals surface area (Å²) in [6.07, 6.45) is 3.12. The summed E-state index contributed by atoms with van der Waals surface area (Å²) in [6.45, 7) is 6.30. The van der Waals surface area contributed by atoms with E-state index in [1.807, 2.05) is 6.92 Å². The zero-order valence-corrected chi connectivity index (χ0v) is 9.90. The van der Waals surface area contributed by atoms with Gasteiger partial charge in [-0.1, -0.05) is 20.3 Å². The molecule has 0 saturated carbocycles. The van der Waals surface area contributed by atoms with Gasteiger partial charge in [0.25, 0.3) is 0 Å². The van der Waals surface area contributed by atoms with Gasteiger partial charge in [-0.15, -0.1) is 0 Å². The molecule has 2 nitrogen and oxygen atoms in total. The Morgan fingerprint density at radius 2 is 2.00 bits per heavy atom. The highest BCUT2D eigenvalue weighted by Gasteiger charge is 2.05. The molecule has 0 radical (unpaired) electrons. The third-order valence-corrected chi connectivity index (χ3v) is 3.88. The summed E-state index contributed by atoms with van der Waals surface area (Å²) in [4.78, 5) is 0. The topological polar surface area (TPSA) is 43.1 Å². The van der Waals surface area contributed by atoms with E-state index in [0.717, 1.165) is 30.8 Å². The maximum atomic E-state index is 11.5. The van der Waals surface area contributed by atoms with Crippen LogP contribution in [0.2, 0.25) is 0 Å². The lowest BCUT2D eigenvalue weighted by Crippen LogP contribution is -2.16. The third kappa shape index (κ3) is 8.44. The van der Waals surface area contributed by atoms with Crippen LogP contribution >= 0.6 is 0 Å². The van der Waals surface area contributed by atoms with Crippen molar-refractivity contribution in [3.8, 4) is 0 Å². The molecule has 0 heterocycles.